The molecule has 0 radical (unpaired) electrons. The summed E-state index contributed by atoms with van der Waals surface area (Å²) in [7, 11) is 1.45. The van der Waals surface area contributed by atoms with Gasteiger partial charge in [-0.3, -0.25) is 13.9 Å². The topological polar surface area (TPSA) is 91.3 Å². The van der Waals surface area contributed by atoms with E-state index < -0.39 is 11.2 Å². The molecule has 1 rings (SSSR count). The maximum atomic E-state index is 12.1. The van der Waals surface area contributed by atoms with E-state index in [1.165, 1.54) is 11.6 Å². The molecule has 0 aliphatic heterocycles. The summed E-state index contributed by atoms with van der Waals surface area (Å²) in [5.41, 5.74) is 5.42. The SMILES string of the molecule is CCCn1c(N)c(NC(C)COCC)c(=O)n(C)c1=O. The van der Waals surface area contributed by atoms with Crippen molar-refractivity contribution in [2.75, 3.05) is 24.3 Å². The maximum absolute atomic E-state index is 12.1. The molecule has 1 aromatic rings. The van der Waals surface area contributed by atoms with Crippen molar-refractivity contribution in [2.24, 2.45) is 7.05 Å². The normalized spacial score (nSPS) is 12.4. The zero-order chi connectivity index (χ0) is 15.3. The second kappa shape index (κ2) is 7.14. The first kappa shape index (κ1) is 16.3. The lowest BCUT2D eigenvalue weighted by molar-refractivity contribution is 0.141. The van der Waals surface area contributed by atoms with Crippen LogP contribution in [0.15, 0.2) is 9.59 Å². The Hall–Kier alpha value is -1.76. The third kappa shape index (κ3) is 3.41. The summed E-state index contributed by atoms with van der Waals surface area (Å²) in [6, 6.07) is -0.0717. The molecule has 0 amide bonds. The molecule has 0 aromatic carbocycles. The molecule has 1 atom stereocenters. The van der Waals surface area contributed by atoms with Crippen LogP contribution in [0, 0.1) is 0 Å². The van der Waals surface area contributed by atoms with Gasteiger partial charge in [-0.15, -0.1) is 0 Å². The molecule has 1 heterocycles. The van der Waals surface area contributed by atoms with Crippen LogP contribution in [0.2, 0.25) is 0 Å². The molecule has 1 unspecified atom stereocenters. The fourth-order valence-electron chi connectivity index (χ4n) is 1.94. The van der Waals surface area contributed by atoms with Crippen molar-refractivity contribution in [3.63, 3.8) is 0 Å². The highest BCUT2D eigenvalue weighted by Gasteiger charge is 2.16. The molecule has 3 N–H and O–H groups in total. The Bertz CT molecular complexity index is 562. The van der Waals surface area contributed by atoms with Crippen molar-refractivity contribution >= 4 is 11.5 Å². The highest BCUT2D eigenvalue weighted by Crippen LogP contribution is 2.12. The van der Waals surface area contributed by atoms with Gasteiger partial charge in [-0.05, 0) is 20.3 Å². The Morgan fingerprint density at radius 3 is 2.55 bits per heavy atom. The minimum absolute atomic E-state index is 0.0717. The number of nitrogens with zero attached hydrogens (tertiary/aromatic N) is 2. The molecule has 20 heavy (non-hydrogen) atoms. The minimum atomic E-state index is -0.414. The first-order valence-electron chi connectivity index (χ1n) is 6.87. The predicted octanol–water partition coefficient (Wildman–Crippen LogP) is 0.376. The summed E-state index contributed by atoms with van der Waals surface area (Å²) in [5, 5.41) is 3.04. The predicted molar refractivity (Wildman–Crippen MR) is 80.2 cm³/mol. The van der Waals surface area contributed by atoms with Gasteiger partial charge in [-0.2, -0.15) is 0 Å². The van der Waals surface area contributed by atoms with Crippen LogP contribution < -0.4 is 22.3 Å². The Morgan fingerprint density at radius 2 is 2.00 bits per heavy atom. The molecule has 0 saturated heterocycles. The second-order valence-electron chi connectivity index (χ2n) is 4.76. The van der Waals surface area contributed by atoms with E-state index in [1.54, 1.807) is 0 Å². The van der Waals surface area contributed by atoms with E-state index in [1.807, 2.05) is 20.8 Å². The third-order valence-corrected chi connectivity index (χ3v) is 2.99. The third-order valence-electron chi connectivity index (χ3n) is 2.99. The summed E-state index contributed by atoms with van der Waals surface area (Å²) in [5.74, 6) is 0.184. The smallest absolute Gasteiger partial charge is 0.332 e. The summed E-state index contributed by atoms with van der Waals surface area (Å²) >= 11 is 0. The van der Waals surface area contributed by atoms with Crippen molar-refractivity contribution < 1.29 is 4.74 Å². The van der Waals surface area contributed by atoms with E-state index in [2.05, 4.69) is 5.32 Å². The van der Waals surface area contributed by atoms with Gasteiger partial charge in [0.25, 0.3) is 5.56 Å². The van der Waals surface area contributed by atoms with Crippen molar-refractivity contribution in [2.45, 2.75) is 39.8 Å². The molecule has 114 valence electrons. The Kier molecular flexibility index (Phi) is 5.82. The zero-order valence-corrected chi connectivity index (χ0v) is 12.6. The van der Waals surface area contributed by atoms with Gasteiger partial charge in [0.1, 0.15) is 11.5 Å². The van der Waals surface area contributed by atoms with Crippen LogP contribution >= 0.6 is 0 Å². The number of rotatable bonds is 7. The number of hydrogen-bond donors (Lipinski definition) is 2. The largest absolute Gasteiger partial charge is 0.383 e. The lowest BCUT2D eigenvalue weighted by atomic mass is 10.3. The van der Waals surface area contributed by atoms with Gasteiger partial charge >= 0.3 is 5.69 Å². The van der Waals surface area contributed by atoms with E-state index in [0.29, 0.717) is 19.8 Å². The summed E-state index contributed by atoms with van der Waals surface area (Å²) in [6.07, 6.45) is 0.760. The standard InChI is InChI=1S/C13H24N4O3/c1-5-7-17-11(14)10(12(18)16(4)13(17)19)15-9(3)8-20-6-2/h9,15H,5-8,14H2,1-4H3. The first-order valence-corrected chi connectivity index (χ1v) is 6.87. The second-order valence-corrected chi connectivity index (χ2v) is 4.76. The van der Waals surface area contributed by atoms with Crippen LogP contribution in [0.5, 0.6) is 0 Å². The van der Waals surface area contributed by atoms with Crippen LogP contribution in [0.25, 0.3) is 0 Å². The van der Waals surface area contributed by atoms with E-state index in [9.17, 15) is 9.59 Å². The molecular formula is C13H24N4O3. The minimum Gasteiger partial charge on any atom is -0.383 e. The van der Waals surface area contributed by atoms with Crippen molar-refractivity contribution in [3.8, 4) is 0 Å². The number of nitrogens with one attached hydrogen (secondary N) is 1. The van der Waals surface area contributed by atoms with Crippen LogP contribution in [0.1, 0.15) is 27.2 Å². The van der Waals surface area contributed by atoms with Gasteiger partial charge in [-0.25, -0.2) is 4.79 Å². The quantitative estimate of drug-likeness (QED) is 0.755. The van der Waals surface area contributed by atoms with Gasteiger partial charge in [0.05, 0.1) is 6.61 Å². The number of nitrogen functional groups attached to an aromatic ring is 1. The monoisotopic (exact) mass is 284 g/mol. The average Bonchev–Trinajstić information content (AvgIpc) is 2.43. The summed E-state index contributed by atoms with van der Waals surface area (Å²) in [4.78, 5) is 24.1. The molecule has 0 aliphatic carbocycles. The summed E-state index contributed by atoms with van der Waals surface area (Å²) < 4.78 is 7.78. The van der Waals surface area contributed by atoms with E-state index in [0.717, 1.165) is 11.0 Å². The number of ether oxygens (including phenoxy) is 1. The van der Waals surface area contributed by atoms with Crippen LogP contribution in [-0.4, -0.2) is 28.4 Å². The highest BCUT2D eigenvalue weighted by molar-refractivity contribution is 5.61. The number of nitrogens with two attached hydrogens (primary N) is 1. The highest BCUT2D eigenvalue weighted by atomic mass is 16.5. The van der Waals surface area contributed by atoms with Crippen molar-refractivity contribution in [1.82, 2.24) is 9.13 Å². The number of anilines is 2. The Morgan fingerprint density at radius 1 is 1.35 bits per heavy atom. The average molecular weight is 284 g/mol. The molecule has 1 aromatic heterocycles. The molecule has 0 aliphatic rings. The fraction of sp³-hybridized carbons (Fsp3) is 0.692. The van der Waals surface area contributed by atoms with E-state index in [-0.39, 0.29) is 17.5 Å². The maximum Gasteiger partial charge on any atom is 0.332 e. The lowest BCUT2D eigenvalue weighted by Gasteiger charge is -2.19. The molecule has 7 nitrogen and oxygen atoms in total. The van der Waals surface area contributed by atoms with E-state index in [4.69, 9.17) is 10.5 Å². The summed E-state index contributed by atoms with van der Waals surface area (Å²) in [6.45, 7) is 7.29. The Labute approximate surface area is 118 Å². The van der Waals surface area contributed by atoms with Crippen molar-refractivity contribution in [3.05, 3.63) is 20.8 Å². The first-order chi connectivity index (χ1) is 9.43. The molecule has 0 fully saturated rings. The molecular weight excluding hydrogens is 260 g/mol. The van der Waals surface area contributed by atoms with Gasteiger partial charge in [-0.1, -0.05) is 6.92 Å². The molecule has 0 bridgehead atoms. The van der Waals surface area contributed by atoms with Crippen LogP contribution in [0.4, 0.5) is 11.5 Å². The van der Waals surface area contributed by atoms with Gasteiger partial charge < -0.3 is 15.8 Å². The Balaban J connectivity index is 3.19. The van der Waals surface area contributed by atoms with Crippen LogP contribution in [-0.2, 0) is 18.3 Å². The van der Waals surface area contributed by atoms with Crippen molar-refractivity contribution in [1.29, 1.82) is 0 Å². The number of aromatic nitrogens is 2. The molecule has 7 heteroatoms. The zero-order valence-electron chi connectivity index (χ0n) is 12.6. The van der Waals surface area contributed by atoms with Gasteiger partial charge in [0.15, 0.2) is 0 Å². The van der Waals surface area contributed by atoms with Gasteiger partial charge in [0.2, 0.25) is 0 Å². The van der Waals surface area contributed by atoms with E-state index >= 15 is 0 Å². The molecule has 0 spiro atoms. The van der Waals surface area contributed by atoms with Gasteiger partial charge in [0, 0.05) is 26.2 Å². The fourth-order valence-corrected chi connectivity index (χ4v) is 1.94. The lowest BCUT2D eigenvalue weighted by Crippen LogP contribution is -2.42. The van der Waals surface area contributed by atoms with Crippen LogP contribution in [0.3, 0.4) is 0 Å². The molecule has 0 saturated carbocycles. The number of hydrogen-bond acceptors (Lipinski definition) is 5.